The van der Waals surface area contributed by atoms with Crippen molar-refractivity contribution in [2.75, 3.05) is 6.54 Å². The normalized spacial score (nSPS) is 11.6. The number of hydrogen-bond donors (Lipinski definition) is 2. The number of benzene rings is 1. The molecule has 2 rings (SSSR count). The molecule has 0 aliphatic heterocycles. The molecule has 2 N–H and O–H groups in total. The van der Waals surface area contributed by atoms with E-state index in [0.29, 0.717) is 12.1 Å². The van der Waals surface area contributed by atoms with Gasteiger partial charge in [-0.2, -0.15) is 5.10 Å². The SMILES string of the molecule is O=S(=O)(NCCn1cccn1)c1cccc(CO)c1. The number of nitrogens with zero attached hydrogens (tertiary/aromatic N) is 2. The van der Waals surface area contributed by atoms with Crippen LogP contribution < -0.4 is 4.72 Å². The quantitative estimate of drug-likeness (QED) is 0.800. The molecule has 0 spiro atoms. The van der Waals surface area contributed by atoms with Gasteiger partial charge in [-0.1, -0.05) is 12.1 Å². The van der Waals surface area contributed by atoms with Gasteiger partial charge < -0.3 is 5.11 Å². The summed E-state index contributed by atoms with van der Waals surface area (Å²) in [5, 5.41) is 13.0. The van der Waals surface area contributed by atoms with Gasteiger partial charge in [-0.05, 0) is 23.8 Å². The van der Waals surface area contributed by atoms with Crippen LogP contribution >= 0.6 is 0 Å². The average Bonchev–Trinajstić information content (AvgIpc) is 2.92. The fourth-order valence-electron chi connectivity index (χ4n) is 1.62. The highest BCUT2D eigenvalue weighted by Gasteiger charge is 2.13. The first-order valence-electron chi connectivity index (χ1n) is 5.79. The molecule has 0 radical (unpaired) electrons. The van der Waals surface area contributed by atoms with Crippen LogP contribution in [-0.2, 0) is 23.2 Å². The van der Waals surface area contributed by atoms with E-state index in [0.717, 1.165) is 0 Å². The zero-order chi connectivity index (χ0) is 13.7. The maximum atomic E-state index is 12.0. The molecule has 0 saturated heterocycles. The molecule has 0 saturated carbocycles. The van der Waals surface area contributed by atoms with E-state index in [1.807, 2.05) is 0 Å². The molecule has 0 aliphatic carbocycles. The van der Waals surface area contributed by atoms with Crippen molar-refractivity contribution in [2.24, 2.45) is 0 Å². The van der Waals surface area contributed by atoms with Crippen molar-refractivity contribution < 1.29 is 13.5 Å². The van der Waals surface area contributed by atoms with E-state index in [9.17, 15) is 8.42 Å². The number of nitrogens with one attached hydrogen (secondary N) is 1. The molecule has 0 amide bonds. The highest BCUT2D eigenvalue weighted by Crippen LogP contribution is 2.11. The topological polar surface area (TPSA) is 84.2 Å². The number of aromatic nitrogens is 2. The van der Waals surface area contributed by atoms with Crippen molar-refractivity contribution in [1.29, 1.82) is 0 Å². The Labute approximate surface area is 111 Å². The number of rotatable bonds is 6. The highest BCUT2D eigenvalue weighted by molar-refractivity contribution is 7.89. The highest BCUT2D eigenvalue weighted by atomic mass is 32.2. The van der Waals surface area contributed by atoms with Gasteiger partial charge >= 0.3 is 0 Å². The molecule has 102 valence electrons. The molecule has 7 heteroatoms. The van der Waals surface area contributed by atoms with E-state index in [-0.39, 0.29) is 18.0 Å². The third kappa shape index (κ3) is 3.63. The second kappa shape index (κ2) is 5.96. The zero-order valence-electron chi connectivity index (χ0n) is 10.2. The molecule has 1 aromatic heterocycles. The van der Waals surface area contributed by atoms with Gasteiger partial charge in [-0.15, -0.1) is 0 Å². The fourth-order valence-corrected chi connectivity index (χ4v) is 2.71. The van der Waals surface area contributed by atoms with E-state index in [2.05, 4.69) is 9.82 Å². The molecule has 0 aliphatic rings. The maximum absolute atomic E-state index is 12.0. The average molecular weight is 281 g/mol. The Morgan fingerprint density at radius 3 is 2.84 bits per heavy atom. The van der Waals surface area contributed by atoms with Gasteiger partial charge in [-0.3, -0.25) is 4.68 Å². The Kier molecular flexibility index (Phi) is 4.31. The van der Waals surface area contributed by atoms with Crippen molar-refractivity contribution in [2.45, 2.75) is 18.0 Å². The van der Waals surface area contributed by atoms with Gasteiger partial charge in [0.05, 0.1) is 18.0 Å². The van der Waals surface area contributed by atoms with Crippen LogP contribution in [0, 0.1) is 0 Å². The summed E-state index contributed by atoms with van der Waals surface area (Å²) in [5.41, 5.74) is 0.565. The summed E-state index contributed by atoms with van der Waals surface area (Å²) >= 11 is 0. The Balaban J connectivity index is 2.01. The molecular weight excluding hydrogens is 266 g/mol. The molecule has 1 aromatic carbocycles. The molecule has 19 heavy (non-hydrogen) atoms. The molecular formula is C12H15N3O3S. The predicted molar refractivity (Wildman–Crippen MR) is 69.8 cm³/mol. The van der Waals surface area contributed by atoms with Gasteiger partial charge in [0.2, 0.25) is 10.0 Å². The van der Waals surface area contributed by atoms with Crippen LogP contribution in [0.25, 0.3) is 0 Å². The van der Waals surface area contributed by atoms with Crippen LogP contribution in [-0.4, -0.2) is 29.8 Å². The summed E-state index contributed by atoms with van der Waals surface area (Å²) in [4.78, 5) is 0.152. The lowest BCUT2D eigenvalue weighted by Crippen LogP contribution is -2.27. The molecule has 0 atom stereocenters. The standard InChI is InChI=1S/C12H15N3O3S/c16-10-11-3-1-4-12(9-11)19(17,18)14-6-8-15-7-2-5-13-15/h1-5,7,9,14,16H,6,8,10H2. The monoisotopic (exact) mass is 281 g/mol. The van der Waals surface area contributed by atoms with Crippen LogP contribution in [0.5, 0.6) is 0 Å². The summed E-state index contributed by atoms with van der Waals surface area (Å²) in [6.07, 6.45) is 3.40. The van der Waals surface area contributed by atoms with E-state index in [1.165, 1.54) is 12.1 Å². The van der Waals surface area contributed by atoms with Crippen LogP contribution in [0.2, 0.25) is 0 Å². The van der Waals surface area contributed by atoms with Crippen molar-refractivity contribution in [3.8, 4) is 0 Å². The van der Waals surface area contributed by atoms with Crippen molar-refractivity contribution in [3.05, 3.63) is 48.3 Å². The first kappa shape index (κ1) is 13.7. The first-order chi connectivity index (χ1) is 9.12. The lowest BCUT2D eigenvalue weighted by atomic mass is 10.2. The summed E-state index contributed by atoms with van der Waals surface area (Å²) < 4.78 is 28.2. The van der Waals surface area contributed by atoms with Crippen LogP contribution in [0.15, 0.2) is 47.6 Å². The summed E-state index contributed by atoms with van der Waals surface area (Å²) in [5.74, 6) is 0. The minimum absolute atomic E-state index is 0.152. The molecule has 6 nitrogen and oxygen atoms in total. The number of aliphatic hydroxyl groups excluding tert-OH is 1. The molecule has 2 aromatic rings. The fraction of sp³-hybridized carbons (Fsp3) is 0.250. The largest absolute Gasteiger partial charge is 0.392 e. The lowest BCUT2D eigenvalue weighted by molar-refractivity contribution is 0.281. The minimum Gasteiger partial charge on any atom is -0.392 e. The van der Waals surface area contributed by atoms with Crippen LogP contribution in [0.4, 0.5) is 0 Å². The third-order valence-corrected chi connectivity index (χ3v) is 4.04. The van der Waals surface area contributed by atoms with Gasteiger partial charge in [0.25, 0.3) is 0 Å². The second-order valence-corrected chi connectivity index (χ2v) is 5.74. The predicted octanol–water partition coefficient (Wildman–Crippen LogP) is 0.354. The number of hydrogen-bond acceptors (Lipinski definition) is 4. The van der Waals surface area contributed by atoms with E-state index in [4.69, 9.17) is 5.11 Å². The first-order valence-corrected chi connectivity index (χ1v) is 7.27. The third-order valence-electron chi connectivity index (χ3n) is 2.58. The van der Waals surface area contributed by atoms with Gasteiger partial charge in [0, 0.05) is 18.9 Å². The van der Waals surface area contributed by atoms with Gasteiger partial charge in [-0.25, -0.2) is 13.1 Å². The maximum Gasteiger partial charge on any atom is 0.240 e. The zero-order valence-corrected chi connectivity index (χ0v) is 11.0. The van der Waals surface area contributed by atoms with Crippen molar-refractivity contribution >= 4 is 10.0 Å². The Bertz CT molecular complexity index is 623. The summed E-state index contributed by atoms with van der Waals surface area (Å²) in [7, 11) is -3.55. The van der Waals surface area contributed by atoms with Gasteiger partial charge in [0.15, 0.2) is 0 Å². The Morgan fingerprint density at radius 2 is 2.16 bits per heavy atom. The smallest absolute Gasteiger partial charge is 0.240 e. The van der Waals surface area contributed by atoms with Crippen molar-refractivity contribution in [3.63, 3.8) is 0 Å². The summed E-state index contributed by atoms with van der Waals surface area (Å²) in [6.45, 7) is 0.538. The molecule has 1 heterocycles. The molecule has 0 fully saturated rings. The lowest BCUT2D eigenvalue weighted by Gasteiger charge is -2.07. The second-order valence-electron chi connectivity index (χ2n) is 3.97. The van der Waals surface area contributed by atoms with E-state index < -0.39 is 10.0 Å². The van der Waals surface area contributed by atoms with E-state index >= 15 is 0 Å². The van der Waals surface area contributed by atoms with Crippen LogP contribution in [0.3, 0.4) is 0 Å². The minimum atomic E-state index is -3.55. The number of aliphatic hydroxyl groups is 1. The van der Waals surface area contributed by atoms with Crippen LogP contribution in [0.1, 0.15) is 5.56 Å². The molecule has 0 unspecified atom stereocenters. The van der Waals surface area contributed by atoms with Crippen molar-refractivity contribution in [1.82, 2.24) is 14.5 Å². The number of sulfonamides is 1. The Morgan fingerprint density at radius 1 is 1.32 bits per heavy atom. The molecule has 0 bridgehead atoms. The van der Waals surface area contributed by atoms with E-state index in [1.54, 1.807) is 35.3 Å². The Hall–Kier alpha value is -1.70. The van der Waals surface area contributed by atoms with Gasteiger partial charge in [0.1, 0.15) is 0 Å². The summed E-state index contributed by atoms with van der Waals surface area (Å²) in [6, 6.07) is 8.00.